The number of hydrogen-bond donors (Lipinski definition) is 1. The van der Waals surface area contributed by atoms with E-state index in [2.05, 4.69) is 10.4 Å². The van der Waals surface area contributed by atoms with Gasteiger partial charge < -0.3 is 10.1 Å². The number of aromatic nitrogens is 2. The van der Waals surface area contributed by atoms with Gasteiger partial charge in [-0.2, -0.15) is 5.10 Å². The molecule has 0 aliphatic carbocycles. The molecule has 0 spiro atoms. The maximum absolute atomic E-state index is 12.4. The predicted molar refractivity (Wildman–Crippen MR) is 97.0 cm³/mol. The van der Waals surface area contributed by atoms with E-state index in [1.807, 2.05) is 6.07 Å². The normalized spacial score (nSPS) is 10.5. The molecule has 1 heterocycles. The van der Waals surface area contributed by atoms with Crippen LogP contribution in [0, 0.1) is 0 Å². The molecule has 2 aromatic carbocycles. The first-order valence-electron chi connectivity index (χ1n) is 8.12. The molecule has 7 heteroatoms. The zero-order valence-electron chi connectivity index (χ0n) is 14.1. The topological polar surface area (TPSA) is 90.3 Å². The summed E-state index contributed by atoms with van der Waals surface area (Å²) in [6.45, 7) is 1.62. The highest BCUT2D eigenvalue weighted by Gasteiger charge is 2.18. The van der Waals surface area contributed by atoms with Crippen molar-refractivity contribution < 1.29 is 14.3 Å². The molecule has 0 saturated carbocycles. The van der Waals surface area contributed by atoms with Crippen molar-refractivity contribution in [3.05, 3.63) is 70.6 Å². The molecule has 0 aliphatic heterocycles. The predicted octanol–water partition coefficient (Wildman–Crippen LogP) is 2.21. The van der Waals surface area contributed by atoms with Gasteiger partial charge in [-0.1, -0.05) is 36.4 Å². The Bertz CT molecular complexity index is 1010. The fourth-order valence-electron chi connectivity index (χ4n) is 2.52. The van der Waals surface area contributed by atoms with Crippen LogP contribution in [0.5, 0.6) is 0 Å². The number of fused-ring (bicyclic) bond motifs is 1. The van der Waals surface area contributed by atoms with E-state index in [0.717, 1.165) is 0 Å². The van der Waals surface area contributed by atoms with Crippen molar-refractivity contribution in [1.82, 2.24) is 9.78 Å². The summed E-state index contributed by atoms with van der Waals surface area (Å²) in [7, 11) is 0. The van der Waals surface area contributed by atoms with Crippen LogP contribution in [-0.2, 0) is 16.1 Å². The van der Waals surface area contributed by atoms with Crippen LogP contribution in [0.1, 0.15) is 17.4 Å². The summed E-state index contributed by atoms with van der Waals surface area (Å²) in [5.41, 5.74) is 0.340. The van der Waals surface area contributed by atoms with Crippen LogP contribution in [-0.4, -0.2) is 28.3 Å². The van der Waals surface area contributed by atoms with Crippen LogP contribution in [0.2, 0.25) is 0 Å². The van der Waals surface area contributed by atoms with Crippen molar-refractivity contribution in [3.63, 3.8) is 0 Å². The number of rotatable bonds is 5. The average molecular weight is 351 g/mol. The lowest BCUT2D eigenvalue weighted by molar-refractivity contribution is -0.119. The number of nitrogens with zero attached hydrogens (tertiary/aromatic N) is 2. The SMILES string of the molecule is CCn1nc(C(=O)OCC(=O)Nc2ccccc2)c2ccccc2c1=O. The molecule has 1 N–H and O–H groups in total. The van der Waals surface area contributed by atoms with Crippen LogP contribution in [0.25, 0.3) is 10.8 Å². The van der Waals surface area contributed by atoms with Crippen LogP contribution < -0.4 is 10.9 Å². The molecule has 1 aromatic heterocycles. The lowest BCUT2D eigenvalue weighted by Crippen LogP contribution is -2.27. The molecule has 26 heavy (non-hydrogen) atoms. The Morgan fingerprint density at radius 3 is 2.38 bits per heavy atom. The van der Waals surface area contributed by atoms with Crippen LogP contribution in [0.4, 0.5) is 5.69 Å². The summed E-state index contributed by atoms with van der Waals surface area (Å²) < 4.78 is 6.28. The van der Waals surface area contributed by atoms with Gasteiger partial charge in [-0.3, -0.25) is 9.59 Å². The molecular weight excluding hydrogens is 334 g/mol. The first-order chi connectivity index (χ1) is 12.6. The number of aryl methyl sites for hydroxylation is 1. The zero-order chi connectivity index (χ0) is 18.5. The molecule has 7 nitrogen and oxygen atoms in total. The van der Waals surface area contributed by atoms with E-state index in [1.165, 1.54) is 4.68 Å². The molecule has 3 rings (SSSR count). The molecule has 0 radical (unpaired) electrons. The first-order valence-corrected chi connectivity index (χ1v) is 8.12. The second kappa shape index (κ2) is 7.60. The monoisotopic (exact) mass is 351 g/mol. The molecule has 0 aliphatic rings. The Kier molecular flexibility index (Phi) is 5.07. The van der Waals surface area contributed by atoms with Crippen molar-refractivity contribution in [2.75, 3.05) is 11.9 Å². The van der Waals surface area contributed by atoms with E-state index in [4.69, 9.17) is 4.74 Å². The lowest BCUT2D eigenvalue weighted by Gasteiger charge is -2.10. The van der Waals surface area contributed by atoms with Gasteiger partial charge in [0.05, 0.1) is 5.39 Å². The van der Waals surface area contributed by atoms with Crippen LogP contribution in [0.15, 0.2) is 59.4 Å². The van der Waals surface area contributed by atoms with Gasteiger partial charge in [0.1, 0.15) is 0 Å². The Labute approximate surface area is 149 Å². The minimum absolute atomic E-state index is 0.00885. The number of amides is 1. The summed E-state index contributed by atoms with van der Waals surface area (Å²) in [5.74, 6) is -1.22. The molecule has 0 fully saturated rings. The van der Waals surface area contributed by atoms with E-state index in [1.54, 1.807) is 55.5 Å². The zero-order valence-corrected chi connectivity index (χ0v) is 14.1. The third kappa shape index (κ3) is 3.61. The van der Waals surface area contributed by atoms with Crippen LogP contribution >= 0.6 is 0 Å². The summed E-state index contributed by atoms with van der Waals surface area (Å²) in [5, 5.41) is 7.48. The van der Waals surface area contributed by atoms with Crippen molar-refractivity contribution >= 4 is 28.3 Å². The minimum Gasteiger partial charge on any atom is -0.451 e. The number of anilines is 1. The van der Waals surface area contributed by atoms with Gasteiger partial charge in [0.2, 0.25) is 0 Å². The molecular formula is C19H17N3O4. The van der Waals surface area contributed by atoms with Gasteiger partial charge in [-0.25, -0.2) is 9.48 Å². The van der Waals surface area contributed by atoms with Gasteiger partial charge in [0.25, 0.3) is 11.5 Å². The van der Waals surface area contributed by atoms with E-state index in [0.29, 0.717) is 23.0 Å². The van der Waals surface area contributed by atoms with Crippen LogP contribution in [0.3, 0.4) is 0 Å². The van der Waals surface area contributed by atoms with Crippen molar-refractivity contribution in [2.45, 2.75) is 13.5 Å². The molecule has 0 atom stereocenters. The van der Waals surface area contributed by atoms with E-state index in [9.17, 15) is 14.4 Å². The summed E-state index contributed by atoms with van der Waals surface area (Å²) in [6.07, 6.45) is 0. The molecule has 0 unspecified atom stereocenters. The quantitative estimate of drug-likeness (QED) is 0.712. The summed E-state index contributed by atoms with van der Waals surface area (Å²) >= 11 is 0. The Morgan fingerprint density at radius 1 is 1.04 bits per heavy atom. The third-order valence-electron chi connectivity index (χ3n) is 3.75. The number of carbonyl (C=O) groups excluding carboxylic acids is 2. The van der Waals surface area contributed by atoms with Crippen molar-refractivity contribution in [1.29, 1.82) is 0 Å². The van der Waals surface area contributed by atoms with Crippen molar-refractivity contribution in [2.24, 2.45) is 0 Å². The number of nitrogens with one attached hydrogen (secondary N) is 1. The Morgan fingerprint density at radius 2 is 1.69 bits per heavy atom. The number of para-hydroxylation sites is 1. The van der Waals surface area contributed by atoms with Gasteiger partial charge in [-0.15, -0.1) is 0 Å². The fourth-order valence-corrected chi connectivity index (χ4v) is 2.52. The highest BCUT2D eigenvalue weighted by molar-refractivity contribution is 6.03. The highest BCUT2D eigenvalue weighted by atomic mass is 16.5. The number of carbonyl (C=O) groups is 2. The van der Waals surface area contributed by atoms with E-state index in [-0.39, 0.29) is 11.3 Å². The van der Waals surface area contributed by atoms with Gasteiger partial charge in [0, 0.05) is 17.6 Å². The first kappa shape index (κ1) is 17.3. The maximum atomic E-state index is 12.4. The summed E-state index contributed by atoms with van der Waals surface area (Å²) in [4.78, 5) is 36.6. The van der Waals surface area contributed by atoms with Gasteiger partial charge in [-0.05, 0) is 25.1 Å². The highest BCUT2D eigenvalue weighted by Crippen LogP contribution is 2.14. The fraction of sp³-hybridized carbons (Fsp3) is 0.158. The standard InChI is InChI=1S/C19H17N3O4/c1-2-22-18(24)15-11-7-6-10-14(15)17(21-22)19(25)26-12-16(23)20-13-8-4-3-5-9-13/h3-11H,2,12H2,1H3,(H,20,23). The Hall–Kier alpha value is -3.48. The Balaban J connectivity index is 1.79. The lowest BCUT2D eigenvalue weighted by atomic mass is 10.1. The number of benzene rings is 2. The van der Waals surface area contributed by atoms with Gasteiger partial charge >= 0.3 is 5.97 Å². The third-order valence-corrected chi connectivity index (χ3v) is 3.75. The second-order valence-electron chi connectivity index (χ2n) is 5.51. The van der Waals surface area contributed by atoms with Gasteiger partial charge in [0.15, 0.2) is 12.3 Å². The number of esters is 1. The van der Waals surface area contributed by atoms with Crippen molar-refractivity contribution in [3.8, 4) is 0 Å². The molecule has 3 aromatic rings. The molecule has 0 saturated heterocycles. The number of hydrogen-bond acceptors (Lipinski definition) is 5. The summed E-state index contributed by atoms with van der Waals surface area (Å²) in [6, 6.07) is 15.5. The van der Waals surface area contributed by atoms with E-state index >= 15 is 0 Å². The molecule has 132 valence electrons. The average Bonchev–Trinajstić information content (AvgIpc) is 2.67. The second-order valence-corrected chi connectivity index (χ2v) is 5.51. The molecule has 0 bridgehead atoms. The largest absolute Gasteiger partial charge is 0.451 e. The van der Waals surface area contributed by atoms with E-state index < -0.39 is 18.5 Å². The smallest absolute Gasteiger partial charge is 0.359 e. The maximum Gasteiger partial charge on any atom is 0.359 e. The minimum atomic E-state index is -0.758. The number of ether oxygens (including phenoxy) is 1. The molecule has 1 amide bonds.